The van der Waals surface area contributed by atoms with Crippen molar-refractivity contribution in [3.8, 4) is 0 Å². The van der Waals surface area contributed by atoms with E-state index in [-0.39, 0.29) is 12.5 Å². The van der Waals surface area contributed by atoms with E-state index in [2.05, 4.69) is 5.32 Å². The number of nitrogens with one attached hydrogen (secondary N) is 1. The number of carbonyl (C=O) groups is 1. The summed E-state index contributed by atoms with van der Waals surface area (Å²) in [5.74, 6) is 0.0996. The Kier molecular flexibility index (Phi) is 6.27. The highest BCUT2D eigenvalue weighted by atomic mass is 16.6. The molecule has 0 fully saturated rings. The summed E-state index contributed by atoms with van der Waals surface area (Å²) in [4.78, 5) is 11.2. The molecule has 4 N–H and O–H groups in total. The number of aliphatic hydroxyl groups is 1. The van der Waals surface area contributed by atoms with Crippen LogP contribution in [-0.4, -0.2) is 36.5 Å². The van der Waals surface area contributed by atoms with Crippen LogP contribution < -0.4 is 11.1 Å². The number of aliphatic hydroxyl groups excluding tert-OH is 1. The van der Waals surface area contributed by atoms with Crippen LogP contribution in [0.3, 0.4) is 0 Å². The number of rotatable bonds is 5. The van der Waals surface area contributed by atoms with E-state index in [9.17, 15) is 4.79 Å². The molecular weight excluding hydrogens is 196 g/mol. The van der Waals surface area contributed by atoms with E-state index >= 15 is 0 Å². The Morgan fingerprint density at radius 2 is 2.13 bits per heavy atom. The molecule has 1 atom stereocenters. The Morgan fingerprint density at radius 1 is 1.53 bits per heavy atom. The third kappa shape index (κ3) is 8.20. The van der Waals surface area contributed by atoms with Gasteiger partial charge in [-0.15, -0.1) is 0 Å². The van der Waals surface area contributed by atoms with Gasteiger partial charge < -0.3 is 20.9 Å². The van der Waals surface area contributed by atoms with E-state index in [1.54, 1.807) is 20.8 Å². The summed E-state index contributed by atoms with van der Waals surface area (Å²) in [5, 5.41) is 11.3. The van der Waals surface area contributed by atoms with Crippen molar-refractivity contribution in [1.29, 1.82) is 0 Å². The SMILES string of the molecule is CC(C)(C)OC(=O)NCC(CN)CCO. The molecule has 0 aliphatic rings. The zero-order valence-electron chi connectivity index (χ0n) is 9.75. The van der Waals surface area contributed by atoms with Crippen molar-refractivity contribution in [2.24, 2.45) is 11.7 Å². The van der Waals surface area contributed by atoms with Crippen LogP contribution in [0.15, 0.2) is 0 Å². The Balaban J connectivity index is 3.78. The van der Waals surface area contributed by atoms with Crippen molar-refractivity contribution < 1.29 is 14.6 Å². The molecule has 15 heavy (non-hydrogen) atoms. The molecule has 0 aromatic rings. The Bertz CT molecular complexity index is 190. The minimum absolute atomic E-state index is 0.0812. The van der Waals surface area contributed by atoms with Crippen LogP contribution in [0.25, 0.3) is 0 Å². The average molecular weight is 218 g/mol. The van der Waals surface area contributed by atoms with Crippen LogP contribution in [0.2, 0.25) is 0 Å². The van der Waals surface area contributed by atoms with Gasteiger partial charge in [0.05, 0.1) is 0 Å². The van der Waals surface area contributed by atoms with Crippen molar-refractivity contribution in [3.63, 3.8) is 0 Å². The highest BCUT2D eigenvalue weighted by molar-refractivity contribution is 5.67. The third-order valence-corrected chi connectivity index (χ3v) is 1.80. The van der Waals surface area contributed by atoms with E-state index in [1.165, 1.54) is 0 Å². The van der Waals surface area contributed by atoms with Gasteiger partial charge in [0.25, 0.3) is 0 Å². The molecule has 0 saturated heterocycles. The van der Waals surface area contributed by atoms with Crippen molar-refractivity contribution in [2.45, 2.75) is 32.8 Å². The zero-order chi connectivity index (χ0) is 11.9. The standard InChI is InChI=1S/C10H22N2O3/c1-10(2,3)15-9(14)12-7-8(6-11)4-5-13/h8,13H,4-7,11H2,1-3H3,(H,12,14). The fourth-order valence-corrected chi connectivity index (χ4v) is 1.03. The highest BCUT2D eigenvalue weighted by Gasteiger charge is 2.16. The van der Waals surface area contributed by atoms with E-state index in [4.69, 9.17) is 15.6 Å². The second-order valence-corrected chi connectivity index (χ2v) is 4.50. The van der Waals surface area contributed by atoms with Crippen molar-refractivity contribution >= 4 is 6.09 Å². The first-order valence-electron chi connectivity index (χ1n) is 5.17. The molecule has 0 bridgehead atoms. The third-order valence-electron chi connectivity index (χ3n) is 1.80. The largest absolute Gasteiger partial charge is 0.444 e. The molecule has 0 spiro atoms. The molecule has 0 rings (SSSR count). The van der Waals surface area contributed by atoms with Gasteiger partial charge in [-0.2, -0.15) is 0 Å². The van der Waals surface area contributed by atoms with Gasteiger partial charge in [0, 0.05) is 13.2 Å². The Hall–Kier alpha value is -0.810. The van der Waals surface area contributed by atoms with Gasteiger partial charge in [-0.25, -0.2) is 4.79 Å². The van der Waals surface area contributed by atoms with E-state index in [0.29, 0.717) is 19.5 Å². The van der Waals surface area contributed by atoms with Crippen LogP contribution in [-0.2, 0) is 4.74 Å². The number of nitrogens with two attached hydrogens (primary N) is 1. The lowest BCUT2D eigenvalue weighted by Gasteiger charge is -2.21. The molecule has 0 aromatic heterocycles. The molecule has 0 saturated carbocycles. The van der Waals surface area contributed by atoms with Crippen LogP contribution in [0, 0.1) is 5.92 Å². The van der Waals surface area contributed by atoms with Gasteiger partial charge >= 0.3 is 6.09 Å². The van der Waals surface area contributed by atoms with Gasteiger partial charge in [0.1, 0.15) is 5.60 Å². The number of amides is 1. The van der Waals surface area contributed by atoms with Crippen LogP contribution in [0.5, 0.6) is 0 Å². The van der Waals surface area contributed by atoms with Gasteiger partial charge in [-0.1, -0.05) is 0 Å². The zero-order valence-corrected chi connectivity index (χ0v) is 9.75. The maximum atomic E-state index is 11.2. The fourth-order valence-electron chi connectivity index (χ4n) is 1.03. The molecule has 0 aliphatic heterocycles. The summed E-state index contributed by atoms with van der Waals surface area (Å²) in [5.41, 5.74) is 4.98. The Labute approximate surface area is 91.0 Å². The van der Waals surface area contributed by atoms with Crippen molar-refractivity contribution in [1.82, 2.24) is 5.32 Å². The van der Waals surface area contributed by atoms with Crippen molar-refractivity contribution in [2.75, 3.05) is 19.7 Å². The van der Waals surface area contributed by atoms with Gasteiger partial charge in [-0.05, 0) is 39.7 Å². The minimum atomic E-state index is -0.487. The lowest BCUT2D eigenvalue weighted by atomic mass is 10.1. The summed E-state index contributed by atoms with van der Waals surface area (Å²) < 4.78 is 5.06. The molecule has 1 unspecified atom stereocenters. The average Bonchev–Trinajstić information content (AvgIpc) is 2.09. The molecule has 5 heteroatoms. The number of carbonyl (C=O) groups excluding carboxylic acids is 1. The molecular formula is C10H22N2O3. The van der Waals surface area contributed by atoms with E-state index in [1.807, 2.05) is 0 Å². The van der Waals surface area contributed by atoms with Gasteiger partial charge in [0.2, 0.25) is 0 Å². The highest BCUT2D eigenvalue weighted by Crippen LogP contribution is 2.06. The minimum Gasteiger partial charge on any atom is -0.444 e. The number of hydrogen-bond donors (Lipinski definition) is 3. The molecule has 1 amide bonds. The second kappa shape index (κ2) is 6.63. The van der Waals surface area contributed by atoms with E-state index < -0.39 is 11.7 Å². The van der Waals surface area contributed by atoms with Gasteiger partial charge in [0.15, 0.2) is 0 Å². The summed E-state index contributed by atoms with van der Waals surface area (Å²) in [7, 11) is 0. The van der Waals surface area contributed by atoms with Crippen LogP contribution >= 0.6 is 0 Å². The summed E-state index contributed by atoms with van der Waals surface area (Å²) >= 11 is 0. The smallest absolute Gasteiger partial charge is 0.407 e. The number of alkyl carbamates (subject to hydrolysis) is 1. The number of hydrogen-bond acceptors (Lipinski definition) is 4. The maximum absolute atomic E-state index is 11.2. The second-order valence-electron chi connectivity index (χ2n) is 4.50. The molecule has 5 nitrogen and oxygen atoms in total. The first-order chi connectivity index (χ1) is 6.89. The normalized spacial score (nSPS) is 13.4. The molecule has 0 radical (unpaired) electrons. The monoisotopic (exact) mass is 218 g/mol. The first-order valence-corrected chi connectivity index (χ1v) is 5.17. The predicted molar refractivity (Wildman–Crippen MR) is 58.5 cm³/mol. The molecule has 0 aliphatic carbocycles. The molecule has 90 valence electrons. The quantitative estimate of drug-likeness (QED) is 0.626. The number of ether oxygens (including phenoxy) is 1. The van der Waals surface area contributed by atoms with Crippen LogP contribution in [0.1, 0.15) is 27.2 Å². The lowest BCUT2D eigenvalue weighted by molar-refractivity contribution is 0.0517. The predicted octanol–water partition coefficient (Wildman–Crippen LogP) is 0.468. The van der Waals surface area contributed by atoms with Crippen molar-refractivity contribution in [3.05, 3.63) is 0 Å². The first kappa shape index (κ1) is 14.2. The molecule has 0 heterocycles. The topological polar surface area (TPSA) is 84.6 Å². The maximum Gasteiger partial charge on any atom is 0.407 e. The summed E-state index contributed by atoms with van der Waals surface area (Å²) in [6.07, 6.45) is 0.144. The van der Waals surface area contributed by atoms with Gasteiger partial charge in [-0.3, -0.25) is 0 Å². The lowest BCUT2D eigenvalue weighted by Crippen LogP contribution is -2.37. The van der Waals surface area contributed by atoms with Crippen LogP contribution in [0.4, 0.5) is 4.79 Å². The summed E-state index contributed by atoms with van der Waals surface area (Å²) in [6.45, 7) is 6.38. The molecule has 0 aromatic carbocycles. The van der Waals surface area contributed by atoms with E-state index in [0.717, 1.165) is 0 Å². The summed E-state index contributed by atoms with van der Waals surface area (Å²) in [6, 6.07) is 0. The Morgan fingerprint density at radius 3 is 2.53 bits per heavy atom. The fraction of sp³-hybridized carbons (Fsp3) is 0.900.